The summed E-state index contributed by atoms with van der Waals surface area (Å²) in [4.78, 5) is 11.4. The first-order valence-corrected chi connectivity index (χ1v) is 5.38. The van der Waals surface area contributed by atoms with Crippen molar-refractivity contribution in [3.8, 4) is 0 Å². The summed E-state index contributed by atoms with van der Waals surface area (Å²) in [6, 6.07) is 7.79. The van der Waals surface area contributed by atoms with E-state index < -0.39 is 0 Å². The van der Waals surface area contributed by atoms with Gasteiger partial charge in [0, 0.05) is 0 Å². The zero-order chi connectivity index (χ0) is 9.97. The molecule has 1 fully saturated rings. The normalized spacial score (nSPS) is 17.2. The zero-order valence-corrected chi connectivity index (χ0v) is 8.62. The molecule has 0 spiro atoms. The van der Waals surface area contributed by atoms with Crippen molar-refractivity contribution < 1.29 is 0 Å². The zero-order valence-electron chi connectivity index (χ0n) is 8.62. The Morgan fingerprint density at radius 3 is 2.43 bits per heavy atom. The number of aryl methyl sites for hydroxylation is 1. The lowest BCUT2D eigenvalue weighted by atomic mass is 9.99. The molecule has 1 aliphatic carbocycles. The molecule has 1 aromatic carbocycles. The van der Waals surface area contributed by atoms with Crippen LogP contribution >= 0.6 is 0 Å². The van der Waals surface area contributed by atoms with Crippen molar-refractivity contribution in [3.63, 3.8) is 0 Å². The van der Waals surface area contributed by atoms with E-state index in [1.54, 1.807) is 6.07 Å². The van der Waals surface area contributed by atoms with Crippen molar-refractivity contribution in [1.82, 2.24) is 0 Å². The molecule has 0 unspecified atom stereocenters. The van der Waals surface area contributed by atoms with E-state index in [4.69, 9.17) is 0 Å². The molecule has 0 atom stereocenters. The molecule has 0 aromatic heterocycles. The smallest absolute Gasteiger partial charge is 0.181 e. The first kappa shape index (κ1) is 9.45. The van der Waals surface area contributed by atoms with Gasteiger partial charge in [-0.25, -0.2) is 0 Å². The van der Waals surface area contributed by atoms with Gasteiger partial charge in [0.2, 0.25) is 0 Å². The molecule has 1 heteroatoms. The maximum atomic E-state index is 11.4. The van der Waals surface area contributed by atoms with E-state index >= 15 is 0 Å². The Morgan fingerprint density at radius 2 is 1.71 bits per heavy atom. The van der Waals surface area contributed by atoms with Crippen LogP contribution in [0.4, 0.5) is 0 Å². The minimum Gasteiger partial charge on any atom is -0.290 e. The summed E-state index contributed by atoms with van der Waals surface area (Å²) in [7, 11) is 0. The van der Waals surface area contributed by atoms with Crippen LogP contribution in [0.1, 0.15) is 42.7 Å². The largest absolute Gasteiger partial charge is 0.290 e. The molecule has 0 N–H and O–H groups in total. The maximum Gasteiger partial charge on any atom is 0.181 e. The summed E-state index contributed by atoms with van der Waals surface area (Å²) in [6.07, 6.45) is 5.26. The Morgan fingerprint density at radius 1 is 1.07 bits per heavy atom. The Bertz CT molecular complexity index is 375. The molecule has 0 amide bonds. The molecule has 0 saturated heterocycles. The minimum atomic E-state index is 0.147. The predicted molar refractivity (Wildman–Crippen MR) is 58.7 cm³/mol. The third-order valence-corrected chi connectivity index (χ3v) is 3.17. The van der Waals surface area contributed by atoms with Crippen LogP contribution in [-0.4, -0.2) is 0 Å². The van der Waals surface area contributed by atoms with Crippen LogP contribution in [0.15, 0.2) is 29.1 Å². The first-order valence-electron chi connectivity index (χ1n) is 5.38. The third-order valence-electron chi connectivity index (χ3n) is 3.17. The van der Waals surface area contributed by atoms with Crippen LogP contribution in [0.25, 0.3) is 0 Å². The lowest BCUT2D eigenvalue weighted by Gasteiger charge is -2.05. The van der Waals surface area contributed by atoms with Gasteiger partial charge in [-0.3, -0.25) is 4.79 Å². The molecule has 0 aliphatic heterocycles. The van der Waals surface area contributed by atoms with Crippen LogP contribution < -0.4 is 5.43 Å². The number of hydrogen-bond acceptors (Lipinski definition) is 1. The van der Waals surface area contributed by atoms with Gasteiger partial charge in [0.25, 0.3) is 0 Å². The van der Waals surface area contributed by atoms with Gasteiger partial charge < -0.3 is 0 Å². The quantitative estimate of drug-likeness (QED) is 0.662. The monoisotopic (exact) mass is 188 g/mol. The predicted octanol–water partition coefficient (Wildman–Crippen LogP) is 3.01. The lowest BCUT2D eigenvalue weighted by molar-refractivity contribution is 0.724. The second-order valence-electron chi connectivity index (χ2n) is 4.20. The fourth-order valence-electron chi connectivity index (χ4n) is 2.19. The molecule has 1 saturated carbocycles. The Hall–Kier alpha value is -1.11. The van der Waals surface area contributed by atoms with Crippen molar-refractivity contribution >= 4 is 0 Å². The van der Waals surface area contributed by atoms with Crippen LogP contribution in [0, 0.1) is 6.92 Å². The summed E-state index contributed by atoms with van der Waals surface area (Å²) in [6.45, 7) is 1.88. The van der Waals surface area contributed by atoms with Gasteiger partial charge >= 0.3 is 0 Å². The SMILES string of the molecule is Cc1ccc(C2CCCC2)ccc1=O. The van der Waals surface area contributed by atoms with E-state index in [0.717, 1.165) is 5.56 Å². The third kappa shape index (κ3) is 1.87. The molecule has 1 nitrogen and oxygen atoms in total. The molecule has 1 aromatic rings. The topological polar surface area (TPSA) is 17.1 Å². The van der Waals surface area contributed by atoms with Gasteiger partial charge in [-0.15, -0.1) is 0 Å². The van der Waals surface area contributed by atoms with Gasteiger partial charge in [0.05, 0.1) is 0 Å². The number of hydrogen-bond donors (Lipinski definition) is 0. The van der Waals surface area contributed by atoms with E-state index in [1.165, 1.54) is 31.2 Å². The van der Waals surface area contributed by atoms with Crippen LogP contribution in [0.2, 0.25) is 0 Å². The first-order chi connectivity index (χ1) is 6.77. The van der Waals surface area contributed by atoms with Gasteiger partial charge in [0.15, 0.2) is 5.43 Å². The van der Waals surface area contributed by atoms with Crippen LogP contribution in [-0.2, 0) is 0 Å². The molecule has 14 heavy (non-hydrogen) atoms. The average molecular weight is 188 g/mol. The lowest BCUT2D eigenvalue weighted by Crippen LogP contribution is -1.96. The highest BCUT2D eigenvalue weighted by Crippen LogP contribution is 2.33. The highest BCUT2D eigenvalue weighted by atomic mass is 16.1. The molecule has 2 rings (SSSR count). The van der Waals surface area contributed by atoms with Gasteiger partial charge in [0.1, 0.15) is 0 Å². The molecular formula is C13H16O. The molecule has 0 bridgehead atoms. The summed E-state index contributed by atoms with van der Waals surface area (Å²) in [5.74, 6) is 0.696. The molecule has 0 heterocycles. The standard InChI is InChI=1S/C13H16O/c1-10-6-7-12(8-9-13(10)14)11-4-2-3-5-11/h6-9,11H,2-5H2,1H3. The van der Waals surface area contributed by atoms with Crippen molar-refractivity contribution in [2.45, 2.75) is 38.5 Å². The second kappa shape index (κ2) is 3.95. The van der Waals surface area contributed by atoms with E-state index in [9.17, 15) is 4.79 Å². The summed E-state index contributed by atoms with van der Waals surface area (Å²) in [5, 5.41) is 0. The molecule has 0 radical (unpaired) electrons. The van der Waals surface area contributed by atoms with E-state index in [2.05, 4.69) is 6.07 Å². The van der Waals surface area contributed by atoms with E-state index in [0.29, 0.717) is 5.92 Å². The van der Waals surface area contributed by atoms with Crippen LogP contribution in [0.5, 0.6) is 0 Å². The van der Waals surface area contributed by atoms with Gasteiger partial charge in [-0.2, -0.15) is 0 Å². The van der Waals surface area contributed by atoms with Crippen molar-refractivity contribution in [2.75, 3.05) is 0 Å². The number of rotatable bonds is 1. The minimum absolute atomic E-state index is 0.147. The Balaban J connectivity index is 2.36. The van der Waals surface area contributed by atoms with E-state index in [1.807, 2.05) is 19.1 Å². The van der Waals surface area contributed by atoms with E-state index in [-0.39, 0.29) is 5.43 Å². The fourth-order valence-corrected chi connectivity index (χ4v) is 2.19. The molecular weight excluding hydrogens is 172 g/mol. The highest BCUT2D eigenvalue weighted by Gasteiger charge is 2.16. The van der Waals surface area contributed by atoms with Gasteiger partial charge in [-0.1, -0.05) is 31.0 Å². The molecule has 74 valence electrons. The van der Waals surface area contributed by atoms with Gasteiger partial charge in [-0.05, 0) is 42.9 Å². The van der Waals surface area contributed by atoms with Crippen molar-refractivity contribution in [1.29, 1.82) is 0 Å². The Labute approximate surface area is 84.8 Å². The Kier molecular flexibility index (Phi) is 2.67. The fraction of sp³-hybridized carbons (Fsp3) is 0.462. The maximum absolute atomic E-state index is 11.4. The second-order valence-corrected chi connectivity index (χ2v) is 4.20. The van der Waals surface area contributed by atoms with Crippen molar-refractivity contribution in [3.05, 3.63) is 45.6 Å². The summed E-state index contributed by atoms with van der Waals surface area (Å²) >= 11 is 0. The highest BCUT2D eigenvalue weighted by molar-refractivity contribution is 5.23. The molecule has 1 aliphatic rings. The van der Waals surface area contributed by atoms with Crippen LogP contribution in [0.3, 0.4) is 0 Å². The summed E-state index contributed by atoms with van der Waals surface area (Å²) in [5.41, 5.74) is 2.33. The average Bonchev–Trinajstić information content (AvgIpc) is 2.65. The van der Waals surface area contributed by atoms with Crippen molar-refractivity contribution in [2.24, 2.45) is 0 Å². The summed E-state index contributed by atoms with van der Waals surface area (Å²) < 4.78 is 0.